The number of methoxy groups -OCH3 is 1. The molecule has 2 aromatic rings. The summed E-state index contributed by atoms with van der Waals surface area (Å²) in [6.45, 7) is 1.02. The van der Waals surface area contributed by atoms with Gasteiger partial charge in [0.25, 0.3) is 0 Å². The van der Waals surface area contributed by atoms with Gasteiger partial charge in [0.15, 0.2) is 0 Å². The highest BCUT2D eigenvalue weighted by Crippen LogP contribution is 2.29. The van der Waals surface area contributed by atoms with Crippen molar-refractivity contribution in [1.82, 2.24) is 10.2 Å². The fourth-order valence-corrected chi connectivity index (χ4v) is 3.17. The number of carbonyl (C=O) groups is 2. The van der Waals surface area contributed by atoms with Gasteiger partial charge in [0.1, 0.15) is 11.5 Å². The minimum atomic E-state index is -0.715. The molecule has 0 spiro atoms. The van der Waals surface area contributed by atoms with Crippen LogP contribution in [0.3, 0.4) is 0 Å². The van der Waals surface area contributed by atoms with Crippen LogP contribution in [0.25, 0.3) is 0 Å². The van der Waals surface area contributed by atoms with E-state index in [4.69, 9.17) is 9.47 Å². The highest BCUT2D eigenvalue weighted by molar-refractivity contribution is 6.39. The number of hydrogen-bond donors (Lipinski definition) is 2. The number of anilines is 1. The molecule has 2 amide bonds. The molecule has 148 valence electrons. The standard InChI is InChI=1S/C21H25N3O4/c1-24(2)18(14-7-8-19-15(11-14)9-10-28-19)13-22-20(25)21(26)23-16-5-4-6-17(12-16)27-3/h4-8,11-12,18H,9-10,13H2,1-3H3,(H,22,25)(H,23,26). The molecule has 2 N–H and O–H groups in total. The first-order valence-corrected chi connectivity index (χ1v) is 9.13. The number of nitrogens with zero attached hydrogens (tertiary/aromatic N) is 1. The summed E-state index contributed by atoms with van der Waals surface area (Å²) in [4.78, 5) is 26.5. The molecule has 7 nitrogen and oxygen atoms in total. The highest BCUT2D eigenvalue weighted by atomic mass is 16.5. The number of nitrogens with one attached hydrogen (secondary N) is 2. The van der Waals surface area contributed by atoms with E-state index in [1.165, 1.54) is 5.56 Å². The summed E-state index contributed by atoms with van der Waals surface area (Å²) in [5, 5.41) is 5.31. The number of hydrogen-bond acceptors (Lipinski definition) is 5. The van der Waals surface area contributed by atoms with Crippen LogP contribution in [-0.2, 0) is 16.0 Å². The van der Waals surface area contributed by atoms with Gasteiger partial charge in [-0.3, -0.25) is 9.59 Å². The van der Waals surface area contributed by atoms with Crippen molar-refractivity contribution < 1.29 is 19.1 Å². The number of benzene rings is 2. The molecule has 3 rings (SSSR count). The van der Waals surface area contributed by atoms with E-state index in [1.54, 1.807) is 31.4 Å². The van der Waals surface area contributed by atoms with Crippen LogP contribution in [0.2, 0.25) is 0 Å². The normalized spacial score (nSPS) is 13.4. The Morgan fingerprint density at radius 1 is 1.18 bits per heavy atom. The minimum absolute atomic E-state index is 0.0560. The Balaban J connectivity index is 1.61. The lowest BCUT2D eigenvalue weighted by Crippen LogP contribution is -2.40. The van der Waals surface area contributed by atoms with Crippen LogP contribution in [-0.4, -0.2) is 51.1 Å². The molecular weight excluding hydrogens is 358 g/mol. The fourth-order valence-electron chi connectivity index (χ4n) is 3.17. The van der Waals surface area contributed by atoms with E-state index < -0.39 is 11.8 Å². The molecule has 1 heterocycles. The van der Waals surface area contributed by atoms with Gasteiger partial charge in [0, 0.05) is 24.7 Å². The second kappa shape index (κ2) is 8.75. The number of carbonyl (C=O) groups excluding carboxylic acids is 2. The van der Waals surface area contributed by atoms with E-state index >= 15 is 0 Å². The van der Waals surface area contributed by atoms with Crippen LogP contribution >= 0.6 is 0 Å². The molecule has 2 aromatic carbocycles. The Kier molecular flexibility index (Phi) is 6.16. The number of ether oxygens (including phenoxy) is 2. The van der Waals surface area contributed by atoms with Crippen molar-refractivity contribution in [2.75, 3.05) is 39.7 Å². The topological polar surface area (TPSA) is 79.9 Å². The smallest absolute Gasteiger partial charge is 0.313 e. The number of amides is 2. The summed E-state index contributed by atoms with van der Waals surface area (Å²) in [5.74, 6) is 0.127. The number of rotatable bonds is 6. The number of likely N-dealkylation sites (N-methyl/N-ethyl adjacent to an activating group) is 1. The van der Waals surface area contributed by atoms with Gasteiger partial charge in [-0.25, -0.2) is 0 Å². The van der Waals surface area contributed by atoms with Crippen LogP contribution in [0.5, 0.6) is 11.5 Å². The van der Waals surface area contributed by atoms with Crippen molar-refractivity contribution >= 4 is 17.5 Å². The highest BCUT2D eigenvalue weighted by Gasteiger charge is 2.21. The first-order valence-electron chi connectivity index (χ1n) is 9.13. The zero-order valence-corrected chi connectivity index (χ0v) is 16.3. The Morgan fingerprint density at radius 2 is 2.00 bits per heavy atom. The van der Waals surface area contributed by atoms with Crippen LogP contribution in [0.1, 0.15) is 17.2 Å². The van der Waals surface area contributed by atoms with Crippen molar-refractivity contribution in [2.24, 2.45) is 0 Å². The molecule has 0 saturated heterocycles. The summed E-state index contributed by atoms with van der Waals surface area (Å²) in [5.41, 5.74) is 2.75. The van der Waals surface area contributed by atoms with E-state index in [-0.39, 0.29) is 6.04 Å². The summed E-state index contributed by atoms with van der Waals surface area (Å²) < 4.78 is 10.7. The van der Waals surface area contributed by atoms with Gasteiger partial charge in [-0.15, -0.1) is 0 Å². The molecule has 1 atom stereocenters. The molecule has 0 bridgehead atoms. The lowest BCUT2D eigenvalue weighted by Gasteiger charge is -2.25. The molecule has 1 aliphatic heterocycles. The summed E-state index contributed by atoms with van der Waals surface area (Å²) >= 11 is 0. The van der Waals surface area contributed by atoms with Gasteiger partial charge < -0.3 is 25.0 Å². The Bertz CT molecular complexity index is 866. The molecule has 0 fully saturated rings. The average Bonchev–Trinajstić information content (AvgIpc) is 3.15. The van der Waals surface area contributed by atoms with Gasteiger partial charge >= 0.3 is 11.8 Å². The Labute approximate surface area is 164 Å². The van der Waals surface area contributed by atoms with Gasteiger partial charge in [0.2, 0.25) is 0 Å². The third-order valence-corrected chi connectivity index (χ3v) is 4.71. The Hall–Kier alpha value is -3.06. The SMILES string of the molecule is COc1cccc(NC(=O)C(=O)NCC(c2ccc3c(c2)CCO3)N(C)C)c1. The van der Waals surface area contributed by atoms with Crippen LogP contribution < -0.4 is 20.1 Å². The molecule has 0 radical (unpaired) electrons. The van der Waals surface area contributed by atoms with E-state index in [2.05, 4.69) is 16.7 Å². The lowest BCUT2D eigenvalue weighted by molar-refractivity contribution is -0.136. The second-order valence-corrected chi connectivity index (χ2v) is 6.84. The van der Waals surface area contributed by atoms with Crippen molar-refractivity contribution in [2.45, 2.75) is 12.5 Å². The molecule has 7 heteroatoms. The molecule has 28 heavy (non-hydrogen) atoms. The molecule has 1 unspecified atom stereocenters. The maximum absolute atomic E-state index is 12.3. The monoisotopic (exact) mass is 383 g/mol. The summed E-state index contributed by atoms with van der Waals surface area (Å²) in [7, 11) is 5.42. The van der Waals surface area contributed by atoms with Gasteiger partial charge in [0.05, 0.1) is 19.8 Å². The third-order valence-electron chi connectivity index (χ3n) is 4.71. The zero-order chi connectivity index (χ0) is 20.1. The Morgan fingerprint density at radius 3 is 2.75 bits per heavy atom. The van der Waals surface area contributed by atoms with Crippen molar-refractivity contribution in [3.63, 3.8) is 0 Å². The van der Waals surface area contributed by atoms with Crippen molar-refractivity contribution in [1.29, 1.82) is 0 Å². The van der Waals surface area contributed by atoms with Crippen molar-refractivity contribution in [3.05, 3.63) is 53.6 Å². The molecule has 1 aliphatic rings. The van der Waals surface area contributed by atoms with E-state index in [9.17, 15) is 9.59 Å². The first-order chi connectivity index (χ1) is 13.5. The van der Waals surface area contributed by atoms with E-state index in [0.29, 0.717) is 24.6 Å². The lowest BCUT2D eigenvalue weighted by atomic mass is 10.0. The maximum atomic E-state index is 12.3. The van der Waals surface area contributed by atoms with E-state index in [1.807, 2.05) is 31.1 Å². The van der Waals surface area contributed by atoms with Crippen molar-refractivity contribution in [3.8, 4) is 11.5 Å². The fraction of sp³-hybridized carbons (Fsp3) is 0.333. The predicted molar refractivity (Wildman–Crippen MR) is 107 cm³/mol. The van der Waals surface area contributed by atoms with Gasteiger partial charge in [-0.1, -0.05) is 18.2 Å². The minimum Gasteiger partial charge on any atom is -0.497 e. The van der Waals surface area contributed by atoms with Gasteiger partial charge in [-0.05, 0) is 43.4 Å². The molecule has 0 aliphatic carbocycles. The van der Waals surface area contributed by atoms with E-state index in [0.717, 1.165) is 17.7 Å². The average molecular weight is 383 g/mol. The molecule has 0 aromatic heterocycles. The van der Waals surface area contributed by atoms with Crippen LogP contribution in [0, 0.1) is 0 Å². The third kappa shape index (κ3) is 4.61. The van der Waals surface area contributed by atoms with Crippen LogP contribution in [0.15, 0.2) is 42.5 Å². The molecule has 0 saturated carbocycles. The maximum Gasteiger partial charge on any atom is 0.313 e. The number of fused-ring (bicyclic) bond motifs is 1. The second-order valence-electron chi connectivity index (χ2n) is 6.84. The first kappa shape index (κ1) is 19.7. The molecular formula is C21H25N3O4. The summed E-state index contributed by atoms with van der Waals surface area (Å²) in [6, 6.07) is 12.9. The quantitative estimate of drug-likeness (QED) is 0.746. The largest absolute Gasteiger partial charge is 0.497 e. The van der Waals surface area contributed by atoms with Crippen LogP contribution in [0.4, 0.5) is 5.69 Å². The zero-order valence-electron chi connectivity index (χ0n) is 16.3. The predicted octanol–water partition coefficient (Wildman–Crippen LogP) is 1.99. The van der Waals surface area contributed by atoms with Gasteiger partial charge in [-0.2, -0.15) is 0 Å². The summed E-state index contributed by atoms with van der Waals surface area (Å²) in [6.07, 6.45) is 0.888.